The predicted molar refractivity (Wildman–Crippen MR) is 55.7 cm³/mol. The first-order chi connectivity index (χ1) is 7.75. The van der Waals surface area contributed by atoms with Crippen molar-refractivity contribution in [2.24, 2.45) is 0 Å². The smallest absolute Gasteiger partial charge is 0.270 e. The van der Waals surface area contributed by atoms with Crippen LogP contribution in [0.1, 0.15) is 36.2 Å². The summed E-state index contributed by atoms with van der Waals surface area (Å²) in [7, 11) is 0. The van der Waals surface area contributed by atoms with Gasteiger partial charge in [-0.1, -0.05) is 12.8 Å². The zero-order chi connectivity index (χ0) is 11.4. The highest BCUT2D eigenvalue weighted by Crippen LogP contribution is 2.19. The molecule has 86 valence electrons. The number of carbonyl (C=O) groups is 1. The maximum absolute atomic E-state index is 11.5. The fraction of sp³-hybridized carbons (Fsp3) is 0.500. The maximum atomic E-state index is 11.5. The van der Waals surface area contributed by atoms with Gasteiger partial charge in [0.05, 0.1) is 6.10 Å². The molecule has 1 aliphatic rings. The molecule has 0 saturated heterocycles. The molecule has 2 rings (SSSR count). The van der Waals surface area contributed by atoms with E-state index in [0.717, 1.165) is 25.7 Å². The van der Waals surface area contributed by atoms with Gasteiger partial charge < -0.3 is 0 Å². The summed E-state index contributed by atoms with van der Waals surface area (Å²) < 4.78 is 0. The molecule has 0 unspecified atom stereocenters. The van der Waals surface area contributed by atoms with Gasteiger partial charge in [0.1, 0.15) is 0 Å². The van der Waals surface area contributed by atoms with Crippen LogP contribution in [-0.4, -0.2) is 22.2 Å². The Morgan fingerprint density at radius 1 is 1.44 bits per heavy atom. The van der Waals surface area contributed by atoms with Gasteiger partial charge in [-0.3, -0.25) is 14.4 Å². The summed E-state index contributed by atoms with van der Waals surface area (Å²) in [5, 5.41) is 5.78. The molecule has 16 heavy (non-hydrogen) atoms. The lowest BCUT2D eigenvalue weighted by atomic mass is 10.3. The van der Waals surface area contributed by atoms with Gasteiger partial charge in [0.2, 0.25) is 0 Å². The van der Waals surface area contributed by atoms with E-state index < -0.39 is 5.91 Å². The number of hydrogen-bond acceptors (Lipinski definition) is 4. The van der Waals surface area contributed by atoms with Gasteiger partial charge >= 0.3 is 0 Å². The highest BCUT2D eigenvalue weighted by molar-refractivity contribution is 5.91. The second-order valence-corrected chi connectivity index (χ2v) is 3.76. The molecule has 2 N–H and O–H groups in total. The van der Waals surface area contributed by atoms with Crippen molar-refractivity contribution in [2.45, 2.75) is 31.8 Å². The zero-order valence-corrected chi connectivity index (χ0v) is 8.73. The lowest BCUT2D eigenvalue weighted by molar-refractivity contribution is -0.0128. The Labute approximate surface area is 92.0 Å². The van der Waals surface area contributed by atoms with Crippen LogP contribution in [0.25, 0.3) is 0 Å². The first-order valence-corrected chi connectivity index (χ1v) is 5.27. The average molecular weight is 223 g/mol. The standard InChI is InChI=1S/C10H13N3O3/c14-9-6-5-8(11-12-9)10(15)13-16-7-3-1-2-4-7/h5-7H,1-4H2,(H,12,14)(H,13,15). The van der Waals surface area contributed by atoms with Crippen molar-refractivity contribution in [3.63, 3.8) is 0 Å². The summed E-state index contributed by atoms with van der Waals surface area (Å²) in [4.78, 5) is 27.4. The van der Waals surface area contributed by atoms with Gasteiger partial charge in [0.15, 0.2) is 5.69 Å². The van der Waals surface area contributed by atoms with Crippen molar-refractivity contribution < 1.29 is 9.63 Å². The van der Waals surface area contributed by atoms with E-state index in [4.69, 9.17) is 4.84 Å². The second-order valence-electron chi connectivity index (χ2n) is 3.76. The molecule has 1 saturated carbocycles. The zero-order valence-electron chi connectivity index (χ0n) is 8.73. The lowest BCUT2D eigenvalue weighted by Gasteiger charge is -2.10. The van der Waals surface area contributed by atoms with E-state index in [1.807, 2.05) is 0 Å². The molecule has 1 heterocycles. The summed E-state index contributed by atoms with van der Waals surface area (Å²) >= 11 is 0. The predicted octanol–water partition coefficient (Wildman–Crippen LogP) is 0.374. The minimum atomic E-state index is -0.442. The number of nitrogens with one attached hydrogen (secondary N) is 2. The van der Waals surface area contributed by atoms with Crippen LogP contribution >= 0.6 is 0 Å². The molecule has 0 radical (unpaired) electrons. The minimum absolute atomic E-state index is 0.103. The quantitative estimate of drug-likeness (QED) is 0.725. The molecule has 0 aliphatic heterocycles. The van der Waals surface area contributed by atoms with E-state index in [1.165, 1.54) is 12.1 Å². The van der Waals surface area contributed by atoms with Gasteiger partial charge in [-0.15, -0.1) is 0 Å². The van der Waals surface area contributed by atoms with Gasteiger partial charge in [0, 0.05) is 6.07 Å². The largest absolute Gasteiger partial charge is 0.295 e. The van der Waals surface area contributed by atoms with Crippen molar-refractivity contribution >= 4 is 5.91 Å². The van der Waals surface area contributed by atoms with Gasteiger partial charge in [0.25, 0.3) is 11.5 Å². The Morgan fingerprint density at radius 3 is 2.81 bits per heavy atom. The Hall–Kier alpha value is -1.69. The van der Waals surface area contributed by atoms with E-state index in [9.17, 15) is 9.59 Å². The number of carbonyl (C=O) groups excluding carboxylic acids is 1. The summed E-state index contributed by atoms with van der Waals surface area (Å²) in [6.45, 7) is 0. The summed E-state index contributed by atoms with van der Waals surface area (Å²) in [6.07, 6.45) is 4.32. The van der Waals surface area contributed by atoms with Crippen molar-refractivity contribution in [3.8, 4) is 0 Å². The number of nitrogens with zero attached hydrogens (tertiary/aromatic N) is 1. The lowest BCUT2D eigenvalue weighted by Crippen LogP contribution is -2.29. The molecule has 0 bridgehead atoms. The topological polar surface area (TPSA) is 84.1 Å². The average Bonchev–Trinajstić information content (AvgIpc) is 2.80. The number of aromatic amines is 1. The summed E-state index contributed by atoms with van der Waals surface area (Å²) in [6, 6.07) is 2.60. The molecule has 1 aliphatic carbocycles. The molecular weight excluding hydrogens is 210 g/mol. The molecule has 6 nitrogen and oxygen atoms in total. The van der Waals surface area contributed by atoms with Crippen LogP contribution < -0.4 is 11.0 Å². The van der Waals surface area contributed by atoms with E-state index in [-0.39, 0.29) is 17.4 Å². The molecular formula is C10H13N3O3. The molecule has 0 aromatic carbocycles. The van der Waals surface area contributed by atoms with Crippen molar-refractivity contribution in [1.82, 2.24) is 15.7 Å². The molecule has 0 atom stereocenters. The van der Waals surface area contributed by atoms with Gasteiger partial charge in [-0.2, -0.15) is 5.10 Å². The third kappa shape index (κ3) is 2.66. The van der Waals surface area contributed by atoms with Crippen molar-refractivity contribution in [3.05, 3.63) is 28.2 Å². The Balaban J connectivity index is 1.87. The molecule has 0 spiro atoms. The van der Waals surface area contributed by atoms with Crippen LogP contribution in [0.3, 0.4) is 0 Å². The van der Waals surface area contributed by atoms with E-state index in [1.54, 1.807) is 0 Å². The monoisotopic (exact) mass is 223 g/mol. The van der Waals surface area contributed by atoms with E-state index in [2.05, 4.69) is 15.7 Å². The van der Waals surface area contributed by atoms with E-state index in [0.29, 0.717) is 0 Å². The molecule has 1 aromatic rings. The first kappa shape index (κ1) is 10.8. The van der Waals surface area contributed by atoms with Crippen LogP contribution in [-0.2, 0) is 4.84 Å². The maximum Gasteiger partial charge on any atom is 0.295 e. The third-order valence-corrected chi connectivity index (χ3v) is 2.53. The van der Waals surface area contributed by atoms with Crippen molar-refractivity contribution in [1.29, 1.82) is 0 Å². The Morgan fingerprint density at radius 2 is 2.19 bits per heavy atom. The normalized spacial score (nSPS) is 16.2. The molecule has 1 amide bonds. The summed E-state index contributed by atoms with van der Waals surface area (Å²) in [5.74, 6) is -0.442. The van der Waals surface area contributed by atoms with E-state index >= 15 is 0 Å². The van der Waals surface area contributed by atoms with Crippen LogP contribution in [0.4, 0.5) is 0 Å². The Bertz CT molecular complexity index is 403. The number of H-pyrrole nitrogens is 1. The van der Waals surface area contributed by atoms with Crippen LogP contribution in [0.5, 0.6) is 0 Å². The number of hydroxylamine groups is 1. The molecule has 1 fully saturated rings. The highest BCUT2D eigenvalue weighted by atomic mass is 16.7. The number of rotatable bonds is 3. The molecule has 6 heteroatoms. The van der Waals surface area contributed by atoms with Gasteiger partial charge in [-0.25, -0.2) is 10.6 Å². The number of amides is 1. The molecule has 1 aromatic heterocycles. The fourth-order valence-corrected chi connectivity index (χ4v) is 1.67. The van der Waals surface area contributed by atoms with Crippen LogP contribution in [0.15, 0.2) is 16.9 Å². The Kier molecular flexibility index (Phi) is 3.31. The third-order valence-electron chi connectivity index (χ3n) is 2.53. The first-order valence-electron chi connectivity index (χ1n) is 5.27. The second kappa shape index (κ2) is 4.89. The highest BCUT2D eigenvalue weighted by Gasteiger charge is 2.17. The van der Waals surface area contributed by atoms with Crippen LogP contribution in [0.2, 0.25) is 0 Å². The fourth-order valence-electron chi connectivity index (χ4n) is 1.67. The minimum Gasteiger partial charge on any atom is -0.270 e. The van der Waals surface area contributed by atoms with Crippen LogP contribution in [0, 0.1) is 0 Å². The van der Waals surface area contributed by atoms with Crippen molar-refractivity contribution in [2.75, 3.05) is 0 Å². The van der Waals surface area contributed by atoms with Gasteiger partial charge in [-0.05, 0) is 18.9 Å². The SMILES string of the molecule is O=C(NOC1CCCC1)c1ccc(=O)[nH]n1. The summed E-state index contributed by atoms with van der Waals surface area (Å²) in [5.41, 5.74) is 2.13. The number of aromatic nitrogens is 2. The number of hydrogen-bond donors (Lipinski definition) is 2.